The second-order valence-electron chi connectivity index (χ2n) is 5.06. The molecule has 1 aromatic rings. The fraction of sp³-hybridized carbons (Fsp3) is 0.429. The van der Waals surface area contributed by atoms with E-state index in [0.717, 1.165) is 36.9 Å². The van der Waals surface area contributed by atoms with Crippen molar-refractivity contribution in [1.82, 2.24) is 0 Å². The molecular weight excluding hydrogens is 214 g/mol. The van der Waals surface area contributed by atoms with Crippen LogP contribution in [-0.2, 0) is 10.2 Å². The van der Waals surface area contributed by atoms with Crippen molar-refractivity contribution in [1.29, 1.82) is 0 Å². The van der Waals surface area contributed by atoms with Crippen LogP contribution in [0.2, 0.25) is 0 Å². The Kier molecular flexibility index (Phi) is 2.12. The highest BCUT2D eigenvalue weighted by molar-refractivity contribution is 6.07. The Morgan fingerprint density at radius 1 is 1.29 bits per heavy atom. The maximum atomic E-state index is 12.1. The van der Waals surface area contributed by atoms with Gasteiger partial charge in [0, 0.05) is 11.3 Å². The summed E-state index contributed by atoms with van der Waals surface area (Å²) < 4.78 is 0. The van der Waals surface area contributed by atoms with Crippen LogP contribution in [0.15, 0.2) is 18.2 Å². The van der Waals surface area contributed by atoms with E-state index in [1.807, 2.05) is 12.1 Å². The molecule has 0 aromatic heterocycles. The van der Waals surface area contributed by atoms with Crippen molar-refractivity contribution < 1.29 is 9.59 Å². The van der Waals surface area contributed by atoms with Gasteiger partial charge in [0.25, 0.3) is 0 Å². The fourth-order valence-electron chi connectivity index (χ4n) is 3.11. The van der Waals surface area contributed by atoms with Crippen LogP contribution in [0, 0.1) is 0 Å². The first-order chi connectivity index (χ1) is 8.13. The van der Waals surface area contributed by atoms with Crippen LogP contribution in [0.25, 0.3) is 0 Å². The third-order valence-electron chi connectivity index (χ3n) is 4.08. The van der Waals surface area contributed by atoms with Crippen molar-refractivity contribution in [2.75, 3.05) is 5.32 Å². The number of Topliss-reactive ketones (excluding diaryl/α,β-unsaturated/α-hetero) is 1. The van der Waals surface area contributed by atoms with Crippen LogP contribution in [0.1, 0.15) is 48.5 Å². The summed E-state index contributed by atoms with van der Waals surface area (Å²) in [6.45, 7) is 1.56. The van der Waals surface area contributed by atoms with Crippen molar-refractivity contribution in [3.8, 4) is 0 Å². The van der Waals surface area contributed by atoms with Gasteiger partial charge in [-0.25, -0.2) is 0 Å². The predicted molar refractivity (Wildman–Crippen MR) is 65.2 cm³/mol. The second-order valence-corrected chi connectivity index (χ2v) is 5.06. The zero-order valence-electron chi connectivity index (χ0n) is 9.88. The van der Waals surface area contributed by atoms with E-state index >= 15 is 0 Å². The summed E-state index contributed by atoms with van der Waals surface area (Å²) >= 11 is 0. The third kappa shape index (κ3) is 1.35. The summed E-state index contributed by atoms with van der Waals surface area (Å²) in [5.74, 6) is 0.172. The first-order valence-electron chi connectivity index (χ1n) is 6.10. The molecule has 3 heteroatoms. The monoisotopic (exact) mass is 229 g/mol. The largest absolute Gasteiger partial charge is 0.325 e. The molecule has 1 aliphatic carbocycles. The summed E-state index contributed by atoms with van der Waals surface area (Å²) in [4.78, 5) is 23.6. The van der Waals surface area contributed by atoms with Gasteiger partial charge in [0.2, 0.25) is 5.91 Å². The molecule has 1 amide bonds. The minimum Gasteiger partial charge on any atom is -0.325 e. The molecule has 88 valence electrons. The summed E-state index contributed by atoms with van der Waals surface area (Å²) in [6.07, 6.45) is 4.01. The summed E-state index contributed by atoms with van der Waals surface area (Å²) in [5, 5.41) is 2.95. The summed E-state index contributed by atoms with van der Waals surface area (Å²) in [6, 6.07) is 5.55. The molecule has 1 saturated carbocycles. The number of fused-ring (bicyclic) bond motifs is 2. The first kappa shape index (κ1) is 10.5. The lowest BCUT2D eigenvalue weighted by atomic mass is 9.79. The Hall–Kier alpha value is -1.64. The van der Waals surface area contributed by atoms with E-state index in [0.29, 0.717) is 5.56 Å². The normalized spacial score (nSPS) is 20.4. The molecule has 3 nitrogen and oxygen atoms in total. The zero-order valence-corrected chi connectivity index (χ0v) is 9.88. The van der Waals surface area contributed by atoms with E-state index in [9.17, 15) is 9.59 Å². The van der Waals surface area contributed by atoms with Crippen molar-refractivity contribution in [2.24, 2.45) is 0 Å². The highest BCUT2D eigenvalue weighted by atomic mass is 16.2. The molecule has 1 fully saturated rings. The molecular formula is C14H15NO2. The smallest absolute Gasteiger partial charge is 0.235 e. The number of ketones is 1. The van der Waals surface area contributed by atoms with Gasteiger partial charge in [-0.05, 0) is 43.5 Å². The molecule has 0 saturated heterocycles. The molecule has 1 spiro atoms. The molecule has 1 aliphatic heterocycles. The second kappa shape index (κ2) is 3.42. The molecule has 0 bridgehead atoms. The number of nitrogens with one attached hydrogen (secondary N) is 1. The van der Waals surface area contributed by atoms with Crippen molar-refractivity contribution in [3.05, 3.63) is 29.3 Å². The van der Waals surface area contributed by atoms with Gasteiger partial charge in [-0.15, -0.1) is 0 Å². The maximum Gasteiger partial charge on any atom is 0.235 e. The maximum absolute atomic E-state index is 12.1. The van der Waals surface area contributed by atoms with E-state index in [-0.39, 0.29) is 17.1 Å². The average molecular weight is 229 g/mol. The Morgan fingerprint density at radius 3 is 2.65 bits per heavy atom. The number of hydrogen-bond acceptors (Lipinski definition) is 2. The van der Waals surface area contributed by atoms with Gasteiger partial charge in [0.05, 0.1) is 5.41 Å². The van der Waals surface area contributed by atoms with E-state index < -0.39 is 0 Å². The lowest BCUT2D eigenvalue weighted by molar-refractivity contribution is -0.120. The Bertz CT molecular complexity index is 513. The van der Waals surface area contributed by atoms with Gasteiger partial charge < -0.3 is 5.32 Å². The van der Waals surface area contributed by atoms with E-state index in [1.165, 1.54) is 0 Å². The minimum absolute atomic E-state index is 0.0558. The van der Waals surface area contributed by atoms with Crippen LogP contribution in [0.4, 0.5) is 5.69 Å². The lowest BCUT2D eigenvalue weighted by Crippen LogP contribution is -2.31. The highest BCUT2D eigenvalue weighted by Gasteiger charge is 2.48. The standard InChI is InChI=1S/C14H15NO2/c1-9(16)10-4-5-12-11(8-10)14(13(17)15-12)6-2-3-7-14/h4-5,8H,2-3,6-7H2,1H3,(H,15,17). The number of carbonyl (C=O) groups is 2. The van der Waals surface area contributed by atoms with Crippen molar-refractivity contribution >= 4 is 17.4 Å². The molecule has 0 radical (unpaired) electrons. The van der Waals surface area contributed by atoms with Gasteiger partial charge in [0.1, 0.15) is 0 Å². The number of carbonyl (C=O) groups excluding carboxylic acids is 2. The molecule has 17 heavy (non-hydrogen) atoms. The van der Waals surface area contributed by atoms with E-state index in [1.54, 1.807) is 13.0 Å². The number of benzene rings is 1. The van der Waals surface area contributed by atoms with Gasteiger partial charge in [-0.2, -0.15) is 0 Å². The van der Waals surface area contributed by atoms with E-state index in [2.05, 4.69) is 5.32 Å². The van der Waals surface area contributed by atoms with Crippen molar-refractivity contribution in [2.45, 2.75) is 38.0 Å². The van der Waals surface area contributed by atoms with Gasteiger partial charge in [-0.3, -0.25) is 9.59 Å². The Balaban J connectivity index is 2.16. The number of anilines is 1. The molecule has 0 unspecified atom stereocenters. The highest BCUT2D eigenvalue weighted by Crippen LogP contribution is 2.48. The first-order valence-corrected chi connectivity index (χ1v) is 6.10. The quantitative estimate of drug-likeness (QED) is 0.752. The fourth-order valence-corrected chi connectivity index (χ4v) is 3.11. The molecule has 1 N–H and O–H groups in total. The zero-order chi connectivity index (χ0) is 12.0. The minimum atomic E-state index is -0.346. The van der Waals surface area contributed by atoms with Crippen LogP contribution < -0.4 is 5.32 Å². The number of amides is 1. The summed E-state index contributed by atoms with van der Waals surface area (Å²) in [5.41, 5.74) is 2.28. The van der Waals surface area contributed by atoms with Crippen molar-refractivity contribution in [3.63, 3.8) is 0 Å². The van der Waals surface area contributed by atoms with Crippen LogP contribution in [0.3, 0.4) is 0 Å². The molecule has 1 aromatic carbocycles. The topological polar surface area (TPSA) is 46.2 Å². The summed E-state index contributed by atoms with van der Waals surface area (Å²) in [7, 11) is 0. The predicted octanol–water partition coefficient (Wildman–Crippen LogP) is 2.65. The third-order valence-corrected chi connectivity index (χ3v) is 4.08. The van der Waals surface area contributed by atoms with Gasteiger partial charge >= 0.3 is 0 Å². The average Bonchev–Trinajstić information content (AvgIpc) is 2.88. The lowest BCUT2D eigenvalue weighted by Gasteiger charge is -2.20. The SMILES string of the molecule is CC(=O)c1ccc2c(c1)C1(CCCC1)C(=O)N2. The van der Waals surface area contributed by atoms with Crippen LogP contribution in [0.5, 0.6) is 0 Å². The van der Waals surface area contributed by atoms with Gasteiger partial charge in [0.15, 0.2) is 5.78 Å². The van der Waals surface area contributed by atoms with E-state index in [4.69, 9.17) is 0 Å². The Morgan fingerprint density at radius 2 is 2.00 bits per heavy atom. The van der Waals surface area contributed by atoms with Crippen LogP contribution >= 0.6 is 0 Å². The number of rotatable bonds is 1. The molecule has 0 atom stereocenters. The molecule has 2 aliphatic rings. The van der Waals surface area contributed by atoms with Crippen LogP contribution in [-0.4, -0.2) is 11.7 Å². The van der Waals surface area contributed by atoms with Gasteiger partial charge in [-0.1, -0.05) is 12.8 Å². The number of hydrogen-bond donors (Lipinski definition) is 1. The Labute approximate surface area is 100 Å². The molecule has 1 heterocycles. The molecule has 3 rings (SSSR count).